The van der Waals surface area contributed by atoms with E-state index in [9.17, 15) is 14.4 Å². The summed E-state index contributed by atoms with van der Waals surface area (Å²) >= 11 is 6.00. The fourth-order valence-corrected chi connectivity index (χ4v) is 1.65. The summed E-state index contributed by atoms with van der Waals surface area (Å²) in [5.41, 5.74) is 0.672. The van der Waals surface area contributed by atoms with E-state index in [1.54, 1.807) is 14.1 Å². The van der Waals surface area contributed by atoms with Gasteiger partial charge in [-0.1, -0.05) is 18.2 Å². The highest BCUT2D eigenvalue weighted by atomic mass is 35.5. The predicted octanol–water partition coefficient (Wildman–Crippen LogP) is 1.28. The van der Waals surface area contributed by atoms with Crippen molar-refractivity contribution >= 4 is 35.0 Å². The first-order valence-corrected chi connectivity index (χ1v) is 6.44. The van der Waals surface area contributed by atoms with Crippen LogP contribution in [0.25, 0.3) is 0 Å². The lowest BCUT2D eigenvalue weighted by atomic mass is 10.2. The Labute approximate surface area is 127 Å². The second kappa shape index (κ2) is 7.44. The van der Waals surface area contributed by atoms with Gasteiger partial charge >= 0.3 is 0 Å². The summed E-state index contributed by atoms with van der Waals surface area (Å²) in [4.78, 5) is 35.8. The molecule has 0 fully saturated rings. The van der Waals surface area contributed by atoms with E-state index in [0.29, 0.717) is 5.69 Å². The number of hydrogen-bond donors (Lipinski definition) is 2. The van der Waals surface area contributed by atoms with E-state index in [0.717, 1.165) is 6.08 Å². The van der Waals surface area contributed by atoms with Gasteiger partial charge in [0.15, 0.2) is 0 Å². The van der Waals surface area contributed by atoms with Crippen LogP contribution in [0.1, 0.15) is 10.4 Å². The zero-order chi connectivity index (χ0) is 16.0. The molecule has 0 spiro atoms. The molecule has 0 saturated carbocycles. The van der Waals surface area contributed by atoms with Crippen molar-refractivity contribution in [2.24, 2.45) is 0 Å². The van der Waals surface area contributed by atoms with Crippen molar-refractivity contribution in [2.45, 2.75) is 0 Å². The van der Waals surface area contributed by atoms with E-state index in [-0.39, 0.29) is 28.9 Å². The number of likely N-dealkylation sites (N-methyl/N-ethyl adjacent to an activating group) is 1. The molecule has 7 heteroatoms. The zero-order valence-corrected chi connectivity index (χ0v) is 12.5. The fraction of sp³-hybridized carbons (Fsp3) is 0.214. The predicted molar refractivity (Wildman–Crippen MR) is 81.3 cm³/mol. The lowest BCUT2D eigenvalue weighted by molar-refractivity contribution is -0.127. The molecule has 21 heavy (non-hydrogen) atoms. The second-order valence-electron chi connectivity index (χ2n) is 4.36. The minimum Gasteiger partial charge on any atom is -0.347 e. The van der Waals surface area contributed by atoms with Crippen LogP contribution in [0.3, 0.4) is 0 Å². The Morgan fingerprint density at radius 2 is 2.00 bits per heavy atom. The van der Waals surface area contributed by atoms with Crippen molar-refractivity contribution in [2.75, 3.05) is 26.0 Å². The Morgan fingerprint density at radius 1 is 1.33 bits per heavy atom. The van der Waals surface area contributed by atoms with Crippen LogP contribution in [0.4, 0.5) is 5.69 Å². The van der Waals surface area contributed by atoms with Gasteiger partial charge < -0.3 is 15.5 Å². The van der Waals surface area contributed by atoms with Crippen LogP contribution in [0, 0.1) is 0 Å². The Hall–Kier alpha value is -2.34. The van der Waals surface area contributed by atoms with E-state index in [2.05, 4.69) is 17.2 Å². The zero-order valence-electron chi connectivity index (χ0n) is 11.8. The second-order valence-corrected chi connectivity index (χ2v) is 4.77. The molecule has 2 N–H and O–H groups in total. The molecule has 6 nitrogen and oxygen atoms in total. The Kier molecular flexibility index (Phi) is 5.92. The molecule has 0 unspecified atom stereocenters. The molecule has 0 aliphatic heterocycles. The van der Waals surface area contributed by atoms with E-state index >= 15 is 0 Å². The van der Waals surface area contributed by atoms with Gasteiger partial charge in [0.25, 0.3) is 5.91 Å². The van der Waals surface area contributed by atoms with Crippen molar-refractivity contribution < 1.29 is 14.4 Å². The molecule has 0 bridgehead atoms. The number of halogens is 1. The third-order valence-electron chi connectivity index (χ3n) is 2.57. The molecule has 0 saturated heterocycles. The molecule has 112 valence electrons. The highest BCUT2D eigenvalue weighted by Crippen LogP contribution is 2.21. The van der Waals surface area contributed by atoms with E-state index < -0.39 is 5.91 Å². The summed E-state index contributed by atoms with van der Waals surface area (Å²) < 4.78 is 0. The van der Waals surface area contributed by atoms with Crippen molar-refractivity contribution in [1.82, 2.24) is 10.2 Å². The van der Waals surface area contributed by atoms with Gasteiger partial charge in [-0.3, -0.25) is 14.4 Å². The third kappa shape index (κ3) is 4.92. The monoisotopic (exact) mass is 309 g/mol. The minimum atomic E-state index is -0.461. The Bertz CT molecular complexity index is 585. The van der Waals surface area contributed by atoms with Gasteiger partial charge in [-0.05, 0) is 24.3 Å². The quantitative estimate of drug-likeness (QED) is 0.804. The molecule has 0 heterocycles. The number of anilines is 1. The number of nitrogens with zero attached hydrogens (tertiary/aromatic N) is 1. The molecule has 0 aromatic heterocycles. The number of nitrogens with one attached hydrogen (secondary N) is 2. The van der Waals surface area contributed by atoms with Crippen molar-refractivity contribution in [3.63, 3.8) is 0 Å². The molecule has 3 amide bonds. The van der Waals surface area contributed by atoms with Gasteiger partial charge in [0, 0.05) is 19.8 Å². The number of carbonyl (C=O) groups excluding carboxylic acids is 3. The first-order valence-electron chi connectivity index (χ1n) is 6.06. The molecule has 1 aromatic carbocycles. The molecule has 0 aliphatic rings. The van der Waals surface area contributed by atoms with Crippen LogP contribution in [0.5, 0.6) is 0 Å². The summed E-state index contributed by atoms with van der Waals surface area (Å²) in [5, 5.41) is 5.18. The van der Waals surface area contributed by atoms with E-state index in [4.69, 9.17) is 11.6 Å². The maximum Gasteiger partial charge on any atom is 0.253 e. The lowest BCUT2D eigenvalue weighted by Crippen LogP contribution is -2.36. The van der Waals surface area contributed by atoms with Gasteiger partial charge in [0.05, 0.1) is 17.1 Å². The highest BCUT2D eigenvalue weighted by molar-refractivity contribution is 6.34. The number of benzene rings is 1. The first kappa shape index (κ1) is 16.7. The van der Waals surface area contributed by atoms with E-state index in [1.807, 2.05) is 0 Å². The summed E-state index contributed by atoms with van der Waals surface area (Å²) in [7, 11) is 3.19. The lowest BCUT2D eigenvalue weighted by Gasteiger charge is -2.12. The molecule has 0 aliphatic carbocycles. The van der Waals surface area contributed by atoms with Crippen molar-refractivity contribution in [3.8, 4) is 0 Å². The number of carbonyl (C=O) groups is 3. The molecule has 1 rings (SSSR count). The Morgan fingerprint density at radius 3 is 2.52 bits per heavy atom. The van der Waals surface area contributed by atoms with Crippen LogP contribution >= 0.6 is 11.6 Å². The van der Waals surface area contributed by atoms with Crippen molar-refractivity contribution in [1.29, 1.82) is 0 Å². The van der Waals surface area contributed by atoms with Crippen LogP contribution in [0.15, 0.2) is 30.9 Å². The average molecular weight is 310 g/mol. The summed E-state index contributed by atoms with van der Waals surface area (Å²) in [6.45, 7) is 3.22. The number of rotatable bonds is 5. The number of hydrogen-bond acceptors (Lipinski definition) is 3. The standard InChI is InChI=1S/C14H16ClN3O3/c1-4-12(19)17-9-5-6-10(11(15)7-9)14(21)16-8-13(20)18(2)3/h4-7H,1,8H2,2-3H3,(H,16,21)(H,17,19). The smallest absolute Gasteiger partial charge is 0.253 e. The van der Waals surface area contributed by atoms with Crippen molar-refractivity contribution in [3.05, 3.63) is 41.4 Å². The van der Waals surface area contributed by atoms with Gasteiger partial charge in [-0.25, -0.2) is 0 Å². The van der Waals surface area contributed by atoms with Gasteiger partial charge in [-0.15, -0.1) is 0 Å². The van der Waals surface area contributed by atoms with Crippen LogP contribution in [0.2, 0.25) is 5.02 Å². The molecule has 0 atom stereocenters. The minimum absolute atomic E-state index is 0.114. The Balaban J connectivity index is 2.75. The number of amides is 3. The van der Waals surface area contributed by atoms with Crippen LogP contribution in [-0.2, 0) is 9.59 Å². The topological polar surface area (TPSA) is 78.5 Å². The summed E-state index contributed by atoms with van der Waals surface area (Å²) in [6.07, 6.45) is 1.13. The molecule has 1 aromatic rings. The first-order chi connectivity index (χ1) is 9.85. The SMILES string of the molecule is C=CC(=O)Nc1ccc(C(=O)NCC(=O)N(C)C)c(Cl)c1. The van der Waals surface area contributed by atoms with E-state index in [1.165, 1.54) is 23.1 Å². The molecular weight excluding hydrogens is 294 g/mol. The van der Waals surface area contributed by atoms with Gasteiger partial charge in [-0.2, -0.15) is 0 Å². The maximum absolute atomic E-state index is 11.9. The normalized spacial score (nSPS) is 9.67. The average Bonchev–Trinajstić information content (AvgIpc) is 2.44. The van der Waals surface area contributed by atoms with Gasteiger partial charge in [0.1, 0.15) is 0 Å². The highest BCUT2D eigenvalue weighted by Gasteiger charge is 2.13. The molecular formula is C14H16ClN3O3. The van der Waals surface area contributed by atoms with Gasteiger partial charge in [0.2, 0.25) is 11.8 Å². The summed E-state index contributed by atoms with van der Waals surface area (Å²) in [5.74, 6) is -1.06. The molecule has 0 radical (unpaired) electrons. The van der Waals surface area contributed by atoms with Crippen LogP contribution in [-0.4, -0.2) is 43.3 Å². The maximum atomic E-state index is 11.9. The largest absolute Gasteiger partial charge is 0.347 e. The third-order valence-corrected chi connectivity index (χ3v) is 2.88. The fourth-order valence-electron chi connectivity index (χ4n) is 1.38. The van der Waals surface area contributed by atoms with Crippen LogP contribution < -0.4 is 10.6 Å². The summed E-state index contributed by atoms with van der Waals surface area (Å²) in [6, 6.07) is 4.46.